The fraction of sp³-hybridized carbons (Fsp3) is 0.353. The molecule has 120 valence electrons. The van der Waals surface area contributed by atoms with Crippen LogP contribution in [0.1, 0.15) is 35.1 Å². The summed E-state index contributed by atoms with van der Waals surface area (Å²) in [5.41, 5.74) is 1.27. The molecule has 0 bridgehead atoms. The van der Waals surface area contributed by atoms with Crippen LogP contribution in [0.4, 0.5) is 5.69 Å². The molecule has 0 radical (unpaired) electrons. The first-order valence-electron chi connectivity index (χ1n) is 7.70. The molecule has 1 aromatic heterocycles. The Hall–Kier alpha value is -2.21. The molecule has 0 spiro atoms. The standard InChI is InChI=1S/C17H19N3O2S/c1-12(21)19-14-4-2-3-13(11-14)17(22)20(15-5-6-15)9-7-16-18-8-10-23-16/h2-4,8,10-11,15H,5-7,9H2,1H3,(H,19,21). The quantitative estimate of drug-likeness (QED) is 0.886. The van der Waals surface area contributed by atoms with Gasteiger partial charge in [0, 0.05) is 48.8 Å². The highest BCUT2D eigenvalue weighted by atomic mass is 32.1. The van der Waals surface area contributed by atoms with Crippen LogP contribution in [0.15, 0.2) is 35.8 Å². The van der Waals surface area contributed by atoms with E-state index in [1.807, 2.05) is 10.3 Å². The Morgan fingerprint density at radius 3 is 2.87 bits per heavy atom. The number of aromatic nitrogens is 1. The number of benzene rings is 1. The lowest BCUT2D eigenvalue weighted by molar-refractivity contribution is -0.114. The molecule has 0 unspecified atom stereocenters. The minimum Gasteiger partial charge on any atom is -0.335 e. The van der Waals surface area contributed by atoms with Gasteiger partial charge in [-0.15, -0.1) is 11.3 Å². The van der Waals surface area contributed by atoms with E-state index in [9.17, 15) is 9.59 Å². The summed E-state index contributed by atoms with van der Waals surface area (Å²) in [4.78, 5) is 30.2. The molecule has 1 heterocycles. The third-order valence-electron chi connectivity index (χ3n) is 3.73. The fourth-order valence-corrected chi connectivity index (χ4v) is 3.14. The van der Waals surface area contributed by atoms with Crippen molar-refractivity contribution in [1.82, 2.24) is 9.88 Å². The minimum atomic E-state index is -0.141. The second kappa shape index (κ2) is 6.91. The van der Waals surface area contributed by atoms with E-state index in [0.717, 1.165) is 24.3 Å². The fourth-order valence-electron chi connectivity index (χ4n) is 2.53. The van der Waals surface area contributed by atoms with Gasteiger partial charge in [-0.25, -0.2) is 4.98 Å². The highest BCUT2D eigenvalue weighted by Crippen LogP contribution is 2.29. The van der Waals surface area contributed by atoms with Crippen molar-refractivity contribution in [1.29, 1.82) is 0 Å². The molecule has 0 aliphatic heterocycles. The maximum absolute atomic E-state index is 12.8. The second-order valence-corrected chi connectivity index (χ2v) is 6.65. The molecule has 2 aromatic rings. The summed E-state index contributed by atoms with van der Waals surface area (Å²) >= 11 is 1.62. The Labute approximate surface area is 139 Å². The summed E-state index contributed by atoms with van der Waals surface area (Å²) in [7, 11) is 0. The average Bonchev–Trinajstić information content (AvgIpc) is 3.22. The normalized spacial score (nSPS) is 13.6. The number of hydrogen-bond acceptors (Lipinski definition) is 4. The Bertz CT molecular complexity index is 696. The highest BCUT2D eigenvalue weighted by Gasteiger charge is 2.32. The lowest BCUT2D eigenvalue weighted by atomic mass is 10.1. The largest absolute Gasteiger partial charge is 0.335 e. The van der Waals surface area contributed by atoms with Crippen molar-refractivity contribution < 1.29 is 9.59 Å². The van der Waals surface area contributed by atoms with Gasteiger partial charge in [0.1, 0.15) is 0 Å². The number of hydrogen-bond donors (Lipinski definition) is 1. The van der Waals surface area contributed by atoms with E-state index in [1.165, 1.54) is 6.92 Å². The monoisotopic (exact) mass is 329 g/mol. The zero-order chi connectivity index (χ0) is 16.2. The van der Waals surface area contributed by atoms with Gasteiger partial charge in [0.2, 0.25) is 5.91 Å². The molecule has 6 heteroatoms. The molecule has 0 saturated heterocycles. The molecule has 23 heavy (non-hydrogen) atoms. The van der Waals surface area contributed by atoms with Gasteiger partial charge in [-0.2, -0.15) is 0 Å². The number of rotatable bonds is 6. The van der Waals surface area contributed by atoms with Crippen LogP contribution >= 0.6 is 11.3 Å². The average molecular weight is 329 g/mol. The van der Waals surface area contributed by atoms with E-state index in [-0.39, 0.29) is 11.8 Å². The minimum absolute atomic E-state index is 0.0243. The first-order valence-corrected chi connectivity index (χ1v) is 8.58. The van der Waals surface area contributed by atoms with E-state index in [0.29, 0.717) is 23.8 Å². The van der Waals surface area contributed by atoms with Gasteiger partial charge in [-0.05, 0) is 31.0 Å². The molecule has 0 atom stereocenters. The van der Waals surface area contributed by atoms with E-state index >= 15 is 0 Å². The molecular formula is C17H19N3O2S. The van der Waals surface area contributed by atoms with Crippen molar-refractivity contribution in [3.05, 3.63) is 46.4 Å². The van der Waals surface area contributed by atoms with Crippen molar-refractivity contribution in [2.75, 3.05) is 11.9 Å². The summed E-state index contributed by atoms with van der Waals surface area (Å²) < 4.78 is 0. The molecular weight excluding hydrogens is 310 g/mol. The summed E-state index contributed by atoms with van der Waals surface area (Å²) in [5, 5.41) is 5.73. The predicted octanol–water partition coefficient (Wildman–Crippen LogP) is 2.95. The van der Waals surface area contributed by atoms with Crippen LogP contribution in [0.5, 0.6) is 0 Å². The van der Waals surface area contributed by atoms with Crippen molar-refractivity contribution in [2.24, 2.45) is 0 Å². The van der Waals surface area contributed by atoms with E-state index in [1.54, 1.807) is 41.8 Å². The van der Waals surface area contributed by atoms with E-state index in [2.05, 4.69) is 10.3 Å². The Kier molecular flexibility index (Phi) is 4.71. The van der Waals surface area contributed by atoms with E-state index < -0.39 is 0 Å². The topological polar surface area (TPSA) is 62.3 Å². The third kappa shape index (κ3) is 4.16. The predicted molar refractivity (Wildman–Crippen MR) is 90.6 cm³/mol. The maximum atomic E-state index is 12.8. The number of nitrogens with zero attached hydrogens (tertiary/aromatic N) is 2. The first kappa shape index (κ1) is 15.7. The third-order valence-corrected chi connectivity index (χ3v) is 4.57. The zero-order valence-corrected chi connectivity index (χ0v) is 13.8. The molecule has 2 amide bonds. The smallest absolute Gasteiger partial charge is 0.254 e. The number of carbonyl (C=O) groups excluding carboxylic acids is 2. The summed E-state index contributed by atoms with van der Waals surface area (Å²) in [5.74, 6) is -0.117. The molecule has 1 aliphatic carbocycles. The molecule has 1 saturated carbocycles. The SMILES string of the molecule is CC(=O)Nc1cccc(C(=O)N(CCc2nccs2)C2CC2)c1. The maximum Gasteiger partial charge on any atom is 0.254 e. The summed E-state index contributed by atoms with van der Waals surface area (Å²) in [6.45, 7) is 2.14. The number of anilines is 1. The highest BCUT2D eigenvalue weighted by molar-refractivity contribution is 7.09. The van der Waals surface area contributed by atoms with Crippen LogP contribution in [-0.4, -0.2) is 34.3 Å². The number of nitrogens with one attached hydrogen (secondary N) is 1. The lowest BCUT2D eigenvalue weighted by Gasteiger charge is -2.22. The molecule has 3 rings (SSSR count). The molecule has 1 aromatic carbocycles. The summed E-state index contributed by atoms with van der Waals surface area (Å²) in [6, 6.07) is 7.46. The molecule has 5 nitrogen and oxygen atoms in total. The molecule has 1 aliphatic rings. The van der Waals surface area contributed by atoms with Crippen molar-refractivity contribution in [3.63, 3.8) is 0 Å². The van der Waals surface area contributed by atoms with Crippen LogP contribution in [0.25, 0.3) is 0 Å². The Morgan fingerprint density at radius 1 is 1.39 bits per heavy atom. The van der Waals surface area contributed by atoms with Gasteiger partial charge in [0.05, 0.1) is 5.01 Å². The Balaban J connectivity index is 1.71. The molecule has 1 N–H and O–H groups in total. The summed E-state index contributed by atoms with van der Waals surface area (Å²) in [6.07, 6.45) is 4.70. The lowest BCUT2D eigenvalue weighted by Crippen LogP contribution is -2.35. The van der Waals surface area contributed by atoms with Crippen LogP contribution in [0, 0.1) is 0 Å². The van der Waals surface area contributed by atoms with Gasteiger partial charge in [0.15, 0.2) is 0 Å². The van der Waals surface area contributed by atoms with Gasteiger partial charge >= 0.3 is 0 Å². The first-order chi connectivity index (χ1) is 11.1. The van der Waals surface area contributed by atoms with E-state index in [4.69, 9.17) is 0 Å². The van der Waals surface area contributed by atoms with Crippen LogP contribution in [0.3, 0.4) is 0 Å². The van der Waals surface area contributed by atoms with Crippen molar-refractivity contribution in [3.8, 4) is 0 Å². The second-order valence-electron chi connectivity index (χ2n) is 5.67. The number of carbonyl (C=O) groups is 2. The van der Waals surface area contributed by atoms with Gasteiger partial charge in [-0.1, -0.05) is 6.07 Å². The van der Waals surface area contributed by atoms with Crippen LogP contribution < -0.4 is 5.32 Å². The Morgan fingerprint density at radius 2 is 2.22 bits per heavy atom. The van der Waals surface area contributed by atoms with Crippen molar-refractivity contribution in [2.45, 2.75) is 32.2 Å². The number of amides is 2. The number of thiazole rings is 1. The zero-order valence-electron chi connectivity index (χ0n) is 13.0. The van der Waals surface area contributed by atoms with Gasteiger partial charge in [0.25, 0.3) is 5.91 Å². The van der Waals surface area contributed by atoms with Crippen molar-refractivity contribution >= 4 is 28.8 Å². The van der Waals surface area contributed by atoms with Gasteiger partial charge in [-0.3, -0.25) is 9.59 Å². The van der Waals surface area contributed by atoms with Crippen LogP contribution in [0.2, 0.25) is 0 Å². The van der Waals surface area contributed by atoms with Crippen LogP contribution in [-0.2, 0) is 11.2 Å². The van der Waals surface area contributed by atoms with Gasteiger partial charge < -0.3 is 10.2 Å². The molecule has 1 fully saturated rings.